The van der Waals surface area contributed by atoms with Crippen molar-refractivity contribution in [2.75, 3.05) is 13.2 Å². The Labute approximate surface area is 426 Å². The van der Waals surface area contributed by atoms with Gasteiger partial charge in [-0.25, -0.2) is 14.4 Å². The van der Waals surface area contributed by atoms with Crippen LogP contribution in [0.3, 0.4) is 0 Å². The fourth-order valence-electron chi connectivity index (χ4n) is 8.34. The van der Waals surface area contributed by atoms with Crippen LogP contribution in [0.25, 0.3) is 0 Å². The van der Waals surface area contributed by atoms with Gasteiger partial charge in [0.15, 0.2) is 18.0 Å². The summed E-state index contributed by atoms with van der Waals surface area (Å²) in [6.45, 7) is 10.5. The van der Waals surface area contributed by atoms with Gasteiger partial charge in [0.05, 0.1) is 0 Å². The zero-order valence-electron chi connectivity index (χ0n) is 45.4. The van der Waals surface area contributed by atoms with Crippen molar-refractivity contribution < 1.29 is 63.0 Å². The van der Waals surface area contributed by atoms with E-state index in [2.05, 4.69) is 27.7 Å². The maximum Gasteiger partial charge on any atom is 0.349 e. The molecule has 0 aromatic heterocycles. The lowest BCUT2D eigenvalue weighted by Crippen LogP contribution is -2.45. The zero-order chi connectivity index (χ0) is 52.3. The number of unbranched alkanes of at least 4 members (excludes halogenated alkanes) is 34. The molecule has 4 atom stereocenters. The average Bonchev–Trinajstić information content (AvgIpc) is 3.32. The number of carbonyl (C=O) groups is 6. The van der Waals surface area contributed by atoms with Crippen LogP contribution in [0.1, 0.15) is 291 Å². The Morgan fingerprint density at radius 3 is 0.743 bits per heavy atom. The van der Waals surface area contributed by atoms with E-state index in [1.54, 1.807) is 0 Å². The molecule has 0 bridgehead atoms. The average molecular weight is 999 g/mol. The lowest BCUT2D eigenvalue weighted by molar-refractivity contribution is -0.181. The molecule has 0 spiro atoms. The van der Waals surface area contributed by atoms with Crippen molar-refractivity contribution in [3.8, 4) is 0 Å². The third-order valence-corrected chi connectivity index (χ3v) is 12.8. The monoisotopic (exact) mass is 999 g/mol. The van der Waals surface area contributed by atoms with Crippen molar-refractivity contribution in [2.24, 2.45) is 0 Å². The maximum absolute atomic E-state index is 12.2. The van der Waals surface area contributed by atoms with Crippen LogP contribution in [0, 0.1) is 0 Å². The van der Waals surface area contributed by atoms with E-state index >= 15 is 0 Å². The number of aliphatic carboxylic acids is 3. The highest BCUT2D eigenvalue weighted by Crippen LogP contribution is 2.17. The minimum Gasteiger partial charge on any atom is -0.479 e. The molecule has 0 fully saturated rings. The molecule has 70 heavy (non-hydrogen) atoms. The van der Waals surface area contributed by atoms with E-state index in [0.29, 0.717) is 12.8 Å². The molecule has 0 aliphatic heterocycles. The van der Waals surface area contributed by atoms with Crippen LogP contribution >= 0.6 is 0 Å². The third kappa shape index (κ3) is 44.8. The Morgan fingerprint density at radius 1 is 0.300 bits per heavy atom. The van der Waals surface area contributed by atoms with Gasteiger partial charge in [0.2, 0.25) is 12.2 Å². The van der Waals surface area contributed by atoms with Crippen LogP contribution in [-0.4, -0.2) is 88.6 Å². The van der Waals surface area contributed by atoms with Gasteiger partial charge in [0, 0.05) is 26.1 Å². The fraction of sp³-hybridized carbons (Fsp3) is 0.895. The first-order valence-electron chi connectivity index (χ1n) is 28.7. The number of ketones is 1. The van der Waals surface area contributed by atoms with E-state index in [0.717, 1.165) is 84.0 Å². The number of carboxylic acid groups (broad SMARTS) is 3. The highest BCUT2D eigenvalue weighted by molar-refractivity contribution is 5.91. The van der Waals surface area contributed by atoms with Gasteiger partial charge in [-0.2, -0.15) is 0 Å². The van der Waals surface area contributed by atoms with Gasteiger partial charge in [-0.3, -0.25) is 14.4 Å². The van der Waals surface area contributed by atoms with Crippen LogP contribution in [0.5, 0.6) is 0 Å². The van der Waals surface area contributed by atoms with Gasteiger partial charge < -0.3 is 34.3 Å². The summed E-state index contributed by atoms with van der Waals surface area (Å²) in [5.41, 5.74) is 0. The molecule has 0 saturated carbocycles. The molecule has 412 valence electrons. The molecule has 0 radical (unpaired) electrons. The standard InChI is InChI=1S/C29H52O7.C28H54O6/c1-4-6-8-10-12-14-16-18-20-22-25(31)35-27(24(3)30)28(29(33)34)36-26(32)23-21-19-17-15-13-11-9-7-5-2;1-3-5-7-9-11-13-15-17-19-21-23-33-25(27(29)30)26(28(31)32)34-24-22-20-18-16-14-12-10-8-6-4-2/h27-28H,4-23H2,1-3H3,(H,33,34);25-26H,3-24H2,1-2H3,(H,29,30)(H,31,32). The molecule has 0 heterocycles. The van der Waals surface area contributed by atoms with Gasteiger partial charge in [-0.15, -0.1) is 0 Å². The van der Waals surface area contributed by atoms with Crippen molar-refractivity contribution in [1.29, 1.82) is 0 Å². The van der Waals surface area contributed by atoms with Crippen LogP contribution < -0.4 is 0 Å². The summed E-state index contributed by atoms with van der Waals surface area (Å²) < 4.78 is 21.1. The van der Waals surface area contributed by atoms with E-state index in [1.165, 1.54) is 154 Å². The Hall–Kier alpha value is -3.06. The topological polar surface area (TPSA) is 200 Å². The molecular formula is C57H106O13. The largest absolute Gasteiger partial charge is 0.479 e. The number of carboxylic acids is 3. The van der Waals surface area contributed by atoms with Gasteiger partial charge in [0.1, 0.15) is 0 Å². The summed E-state index contributed by atoms with van der Waals surface area (Å²) in [6.07, 6.45) is 37.0. The minimum absolute atomic E-state index is 0.0800. The van der Waals surface area contributed by atoms with Gasteiger partial charge in [-0.1, -0.05) is 246 Å². The van der Waals surface area contributed by atoms with E-state index in [9.17, 15) is 44.1 Å². The predicted octanol–water partition coefficient (Wildman–Crippen LogP) is 15.1. The van der Waals surface area contributed by atoms with Crippen LogP contribution in [0.4, 0.5) is 0 Å². The van der Waals surface area contributed by atoms with Gasteiger partial charge in [0.25, 0.3) is 0 Å². The first-order chi connectivity index (χ1) is 33.9. The number of Topliss-reactive ketones (excluding diaryl/α,β-unsaturated/α-hetero) is 1. The number of esters is 2. The second-order valence-corrected chi connectivity index (χ2v) is 19.5. The normalized spacial score (nSPS) is 12.9. The lowest BCUT2D eigenvalue weighted by atomic mass is 10.1. The fourth-order valence-corrected chi connectivity index (χ4v) is 8.34. The summed E-state index contributed by atoms with van der Waals surface area (Å²) in [5.74, 6) is -6.03. The summed E-state index contributed by atoms with van der Waals surface area (Å²) in [7, 11) is 0. The highest BCUT2D eigenvalue weighted by Gasteiger charge is 2.38. The molecule has 13 heteroatoms. The summed E-state index contributed by atoms with van der Waals surface area (Å²) >= 11 is 0. The Kier molecular flexibility index (Phi) is 51.5. The van der Waals surface area contributed by atoms with E-state index in [4.69, 9.17) is 18.9 Å². The second kappa shape index (κ2) is 52.3. The van der Waals surface area contributed by atoms with Crippen molar-refractivity contribution in [1.82, 2.24) is 0 Å². The van der Waals surface area contributed by atoms with Crippen molar-refractivity contribution >= 4 is 35.6 Å². The minimum atomic E-state index is -1.82. The summed E-state index contributed by atoms with van der Waals surface area (Å²) in [5, 5.41) is 28.4. The second-order valence-electron chi connectivity index (χ2n) is 19.5. The van der Waals surface area contributed by atoms with Crippen LogP contribution in [0.15, 0.2) is 0 Å². The Bertz CT molecular complexity index is 1160. The molecule has 0 saturated heterocycles. The van der Waals surface area contributed by atoms with E-state index in [1.807, 2.05) is 0 Å². The molecule has 0 amide bonds. The maximum atomic E-state index is 12.2. The van der Waals surface area contributed by atoms with Gasteiger partial charge in [-0.05, 0) is 32.6 Å². The van der Waals surface area contributed by atoms with E-state index in [-0.39, 0.29) is 26.1 Å². The first-order valence-corrected chi connectivity index (χ1v) is 28.7. The molecule has 13 nitrogen and oxygen atoms in total. The SMILES string of the molecule is CCCCCCCCCCCC(=O)OC(C(C)=O)C(OC(=O)CCCCCCCCCCC)C(=O)O.CCCCCCCCCCCCOC(C(=O)O)C(OCCCCCCCCCCCC)C(=O)O. The van der Waals surface area contributed by atoms with Crippen molar-refractivity contribution in [3.05, 3.63) is 0 Å². The predicted molar refractivity (Wildman–Crippen MR) is 280 cm³/mol. The van der Waals surface area contributed by atoms with Crippen LogP contribution in [0.2, 0.25) is 0 Å². The Balaban J connectivity index is 0. The zero-order valence-corrected chi connectivity index (χ0v) is 45.4. The number of ether oxygens (including phenoxy) is 4. The summed E-state index contributed by atoms with van der Waals surface area (Å²) in [6, 6.07) is 0. The first kappa shape index (κ1) is 69.0. The highest BCUT2D eigenvalue weighted by atomic mass is 16.6. The number of carbonyl (C=O) groups excluding carboxylic acids is 3. The molecule has 0 rings (SSSR count). The van der Waals surface area contributed by atoms with E-state index < -0.39 is 60.0 Å². The third-order valence-electron chi connectivity index (χ3n) is 12.8. The Morgan fingerprint density at radius 2 is 0.514 bits per heavy atom. The molecule has 4 unspecified atom stereocenters. The van der Waals surface area contributed by atoms with Crippen molar-refractivity contribution in [3.63, 3.8) is 0 Å². The molecule has 0 aromatic carbocycles. The van der Waals surface area contributed by atoms with Crippen LogP contribution in [-0.2, 0) is 47.7 Å². The molecule has 0 aromatic rings. The lowest BCUT2D eigenvalue weighted by Gasteiger charge is -2.22. The smallest absolute Gasteiger partial charge is 0.349 e. The molecule has 3 N–H and O–H groups in total. The number of rotatable bonds is 52. The number of hydrogen-bond acceptors (Lipinski definition) is 10. The number of hydrogen-bond donors (Lipinski definition) is 3. The summed E-state index contributed by atoms with van der Waals surface area (Å²) in [4.78, 5) is 71.3. The quantitative estimate of drug-likeness (QED) is 0.0384. The molecule has 0 aliphatic carbocycles. The van der Waals surface area contributed by atoms with Crippen molar-refractivity contribution in [2.45, 2.75) is 316 Å². The molecular weight excluding hydrogens is 893 g/mol. The molecule has 0 aliphatic rings. The van der Waals surface area contributed by atoms with Gasteiger partial charge >= 0.3 is 29.8 Å².